The summed E-state index contributed by atoms with van der Waals surface area (Å²) in [5, 5.41) is 0. The number of halogens is 1. The van der Waals surface area contributed by atoms with Crippen molar-refractivity contribution >= 4 is 21.9 Å². The molecule has 0 amide bonds. The average molecular weight is 274 g/mol. The third kappa shape index (κ3) is 3.97. The first-order valence-corrected chi connectivity index (χ1v) is 5.25. The van der Waals surface area contributed by atoms with Gasteiger partial charge in [-0.05, 0) is 35.0 Å². The summed E-state index contributed by atoms with van der Waals surface area (Å²) in [4.78, 5) is 15.5. The summed E-state index contributed by atoms with van der Waals surface area (Å²) in [5.74, 6) is -0.444. The summed E-state index contributed by atoms with van der Waals surface area (Å²) in [6, 6.07) is 5.08. The third-order valence-electron chi connectivity index (χ3n) is 1.63. The summed E-state index contributed by atoms with van der Waals surface area (Å²) >= 11 is 3.18. The van der Waals surface area contributed by atoms with Gasteiger partial charge >= 0.3 is 5.97 Å². The quantitative estimate of drug-likeness (QED) is 0.622. The van der Waals surface area contributed by atoms with Crippen LogP contribution in [-0.4, -0.2) is 30.8 Å². The predicted molar refractivity (Wildman–Crippen MR) is 58.7 cm³/mol. The molecule has 0 saturated carbocycles. The van der Waals surface area contributed by atoms with E-state index in [9.17, 15) is 4.79 Å². The van der Waals surface area contributed by atoms with Crippen LogP contribution in [0.2, 0.25) is 0 Å². The van der Waals surface area contributed by atoms with Gasteiger partial charge in [0.05, 0.1) is 6.61 Å². The van der Waals surface area contributed by atoms with Gasteiger partial charge in [-0.15, -0.1) is 0 Å². The SMILES string of the molecule is COCC(C)OC(=O)c1cccc(Br)n1. The van der Waals surface area contributed by atoms with E-state index >= 15 is 0 Å². The van der Waals surface area contributed by atoms with Crippen LogP contribution < -0.4 is 0 Å². The second-order valence-electron chi connectivity index (χ2n) is 3.02. The highest BCUT2D eigenvalue weighted by Gasteiger charge is 2.12. The molecule has 1 aromatic heterocycles. The van der Waals surface area contributed by atoms with Gasteiger partial charge in [0.2, 0.25) is 0 Å². The van der Waals surface area contributed by atoms with Crippen molar-refractivity contribution in [2.75, 3.05) is 13.7 Å². The zero-order chi connectivity index (χ0) is 11.3. The van der Waals surface area contributed by atoms with Crippen LogP contribution in [0.25, 0.3) is 0 Å². The molecular weight excluding hydrogens is 262 g/mol. The molecule has 15 heavy (non-hydrogen) atoms. The molecule has 0 spiro atoms. The number of carbonyl (C=O) groups excluding carboxylic acids is 1. The van der Waals surface area contributed by atoms with Gasteiger partial charge in [-0.1, -0.05) is 6.07 Å². The van der Waals surface area contributed by atoms with Crippen molar-refractivity contribution < 1.29 is 14.3 Å². The zero-order valence-electron chi connectivity index (χ0n) is 8.57. The maximum absolute atomic E-state index is 11.5. The maximum atomic E-state index is 11.5. The molecule has 0 aliphatic heterocycles. The normalized spacial score (nSPS) is 12.2. The molecule has 1 unspecified atom stereocenters. The molecule has 5 heteroatoms. The number of pyridine rings is 1. The van der Waals surface area contributed by atoms with Gasteiger partial charge in [0.15, 0.2) is 0 Å². The van der Waals surface area contributed by atoms with E-state index in [1.165, 1.54) is 0 Å². The highest BCUT2D eigenvalue weighted by atomic mass is 79.9. The van der Waals surface area contributed by atoms with Crippen molar-refractivity contribution in [1.29, 1.82) is 0 Å². The molecule has 0 fully saturated rings. The first kappa shape index (κ1) is 12.1. The predicted octanol–water partition coefficient (Wildman–Crippen LogP) is 2.04. The van der Waals surface area contributed by atoms with Crippen LogP contribution in [0, 0.1) is 0 Å². The Labute approximate surface area is 96.7 Å². The topological polar surface area (TPSA) is 48.4 Å². The van der Waals surface area contributed by atoms with Gasteiger partial charge in [-0.25, -0.2) is 9.78 Å². The lowest BCUT2D eigenvalue weighted by Gasteiger charge is -2.11. The van der Waals surface area contributed by atoms with Crippen molar-refractivity contribution in [3.8, 4) is 0 Å². The molecular formula is C10H12BrNO3. The standard InChI is InChI=1S/C10H12BrNO3/c1-7(6-14-2)15-10(13)8-4-3-5-9(11)12-8/h3-5,7H,6H2,1-2H3. The summed E-state index contributed by atoms with van der Waals surface area (Å²) in [7, 11) is 1.56. The summed E-state index contributed by atoms with van der Waals surface area (Å²) < 4.78 is 10.5. The molecule has 4 nitrogen and oxygen atoms in total. The molecule has 0 aromatic carbocycles. The van der Waals surface area contributed by atoms with Crippen molar-refractivity contribution in [3.63, 3.8) is 0 Å². The van der Waals surface area contributed by atoms with Gasteiger partial charge in [0.1, 0.15) is 16.4 Å². The van der Waals surface area contributed by atoms with E-state index in [4.69, 9.17) is 9.47 Å². The molecule has 0 saturated heterocycles. The van der Waals surface area contributed by atoms with Crippen molar-refractivity contribution in [1.82, 2.24) is 4.98 Å². The number of carbonyl (C=O) groups is 1. The number of nitrogens with zero attached hydrogens (tertiary/aromatic N) is 1. The van der Waals surface area contributed by atoms with Gasteiger partial charge in [-0.2, -0.15) is 0 Å². The Kier molecular flexibility index (Phi) is 4.71. The molecule has 0 aliphatic rings. The molecule has 0 bridgehead atoms. The second kappa shape index (κ2) is 5.82. The van der Waals surface area contributed by atoms with Crippen molar-refractivity contribution in [3.05, 3.63) is 28.5 Å². The van der Waals surface area contributed by atoms with Crippen molar-refractivity contribution in [2.24, 2.45) is 0 Å². The molecule has 1 heterocycles. The van der Waals surface area contributed by atoms with Crippen LogP contribution >= 0.6 is 15.9 Å². The minimum atomic E-state index is -0.444. The fourth-order valence-electron chi connectivity index (χ4n) is 1.03. The van der Waals surface area contributed by atoms with Crippen LogP contribution in [0.4, 0.5) is 0 Å². The van der Waals surface area contributed by atoms with Crippen LogP contribution in [0.5, 0.6) is 0 Å². The maximum Gasteiger partial charge on any atom is 0.357 e. The van der Waals surface area contributed by atoms with Gasteiger partial charge in [0.25, 0.3) is 0 Å². The number of esters is 1. The lowest BCUT2D eigenvalue weighted by Crippen LogP contribution is -2.20. The lowest BCUT2D eigenvalue weighted by atomic mass is 10.3. The average Bonchev–Trinajstić information content (AvgIpc) is 2.18. The fourth-order valence-corrected chi connectivity index (χ4v) is 1.38. The Morgan fingerprint density at radius 1 is 1.60 bits per heavy atom. The van der Waals surface area contributed by atoms with Crippen LogP contribution in [-0.2, 0) is 9.47 Å². The van der Waals surface area contributed by atoms with E-state index < -0.39 is 5.97 Å². The lowest BCUT2D eigenvalue weighted by molar-refractivity contribution is 0.0114. The Morgan fingerprint density at radius 2 is 2.33 bits per heavy atom. The van der Waals surface area contributed by atoms with Gasteiger partial charge < -0.3 is 9.47 Å². The summed E-state index contributed by atoms with van der Waals surface area (Å²) in [6.45, 7) is 2.14. The van der Waals surface area contributed by atoms with E-state index in [0.717, 1.165) is 0 Å². The third-order valence-corrected chi connectivity index (χ3v) is 2.08. The highest BCUT2D eigenvalue weighted by Crippen LogP contribution is 2.08. The van der Waals surface area contributed by atoms with E-state index in [1.54, 1.807) is 32.2 Å². The van der Waals surface area contributed by atoms with E-state index in [2.05, 4.69) is 20.9 Å². The van der Waals surface area contributed by atoms with Crippen LogP contribution in [0.15, 0.2) is 22.8 Å². The monoisotopic (exact) mass is 273 g/mol. The van der Waals surface area contributed by atoms with Gasteiger partial charge in [0, 0.05) is 7.11 Å². The number of methoxy groups -OCH3 is 1. The van der Waals surface area contributed by atoms with E-state index in [1.807, 2.05) is 0 Å². The van der Waals surface area contributed by atoms with E-state index in [0.29, 0.717) is 11.2 Å². The second-order valence-corrected chi connectivity index (χ2v) is 3.83. The molecule has 1 rings (SSSR count). The summed E-state index contributed by atoms with van der Waals surface area (Å²) in [6.07, 6.45) is -0.275. The van der Waals surface area contributed by atoms with Gasteiger partial charge in [-0.3, -0.25) is 0 Å². The first-order valence-electron chi connectivity index (χ1n) is 4.46. The zero-order valence-corrected chi connectivity index (χ0v) is 10.2. The number of hydrogen-bond acceptors (Lipinski definition) is 4. The largest absolute Gasteiger partial charge is 0.455 e. The van der Waals surface area contributed by atoms with Crippen LogP contribution in [0.1, 0.15) is 17.4 Å². The number of rotatable bonds is 4. The minimum Gasteiger partial charge on any atom is -0.455 e. The van der Waals surface area contributed by atoms with Crippen molar-refractivity contribution in [2.45, 2.75) is 13.0 Å². The molecule has 82 valence electrons. The Morgan fingerprint density at radius 3 is 2.93 bits per heavy atom. The number of ether oxygens (including phenoxy) is 2. The Balaban J connectivity index is 2.61. The van der Waals surface area contributed by atoms with Crippen LogP contribution in [0.3, 0.4) is 0 Å². The molecule has 0 aliphatic carbocycles. The Hall–Kier alpha value is -0.940. The minimum absolute atomic E-state index is 0.275. The summed E-state index contributed by atoms with van der Waals surface area (Å²) in [5.41, 5.74) is 0.285. The molecule has 1 atom stereocenters. The molecule has 0 N–H and O–H groups in total. The smallest absolute Gasteiger partial charge is 0.357 e. The Bertz CT molecular complexity index is 343. The number of aromatic nitrogens is 1. The molecule has 0 radical (unpaired) electrons. The fraction of sp³-hybridized carbons (Fsp3) is 0.400. The highest BCUT2D eigenvalue weighted by molar-refractivity contribution is 9.10. The number of hydrogen-bond donors (Lipinski definition) is 0. The van der Waals surface area contributed by atoms with E-state index in [-0.39, 0.29) is 11.8 Å². The first-order chi connectivity index (χ1) is 7.13. The molecule has 1 aromatic rings.